The molecule has 2 N–H and O–H groups in total. The molecule has 1 atom stereocenters. The van der Waals surface area contributed by atoms with Crippen molar-refractivity contribution in [2.24, 2.45) is 0 Å². The molecule has 0 saturated carbocycles. The largest absolute Gasteiger partial charge is 0.490 e. The van der Waals surface area contributed by atoms with Crippen molar-refractivity contribution >= 4 is 29.3 Å². The maximum absolute atomic E-state index is 14.0. The Hall–Kier alpha value is -4.24. The number of hydrogen-bond donors (Lipinski definition) is 2. The van der Waals surface area contributed by atoms with Gasteiger partial charge >= 0.3 is 0 Å². The number of nitrogens with zero attached hydrogens (tertiary/aromatic N) is 3. The third kappa shape index (κ3) is 6.78. The highest BCUT2D eigenvalue weighted by molar-refractivity contribution is 7.99. The number of rotatable bonds is 11. The van der Waals surface area contributed by atoms with E-state index in [1.165, 1.54) is 16.7 Å². The third-order valence-electron chi connectivity index (χ3n) is 7.71. The summed E-state index contributed by atoms with van der Waals surface area (Å²) in [4.78, 5) is 18.7. The van der Waals surface area contributed by atoms with E-state index in [9.17, 15) is 4.79 Å². The summed E-state index contributed by atoms with van der Waals surface area (Å²) in [7, 11) is 0. The van der Waals surface area contributed by atoms with Crippen molar-refractivity contribution in [1.29, 1.82) is 0 Å². The lowest BCUT2D eigenvalue weighted by atomic mass is 9.94. The molecule has 0 spiro atoms. The van der Waals surface area contributed by atoms with Crippen LogP contribution >= 0.6 is 11.8 Å². The van der Waals surface area contributed by atoms with E-state index in [1.807, 2.05) is 63.2 Å². The molecule has 1 amide bonds. The maximum Gasteiger partial charge on any atom is 0.255 e. The van der Waals surface area contributed by atoms with E-state index in [2.05, 4.69) is 50.5 Å². The summed E-state index contributed by atoms with van der Waals surface area (Å²) in [6, 6.07) is 17.5. The minimum atomic E-state index is -0.533. The smallest absolute Gasteiger partial charge is 0.255 e. The summed E-state index contributed by atoms with van der Waals surface area (Å²) >= 11 is 1.60. The van der Waals surface area contributed by atoms with Crippen LogP contribution in [0.5, 0.6) is 11.5 Å². The summed E-state index contributed by atoms with van der Waals surface area (Å²) in [6.07, 6.45) is 1.01. The molecule has 230 valence electrons. The van der Waals surface area contributed by atoms with Gasteiger partial charge in [-0.15, -0.1) is 5.10 Å². The zero-order valence-electron chi connectivity index (χ0n) is 26.6. The van der Waals surface area contributed by atoms with Crippen molar-refractivity contribution < 1.29 is 14.3 Å². The van der Waals surface area contributed by atoms with Crippen molar-refractivity contribution in [3.05, 3.63) is 99.2 Å². The second-order valence-corrected chi connectivity index (χ2v) is 12.3. The molecule has 1 aliphatic rings. The van der Waals surface area contributed by atoms with E-state index in [0.29, 0.717) is 41.4 Å². The zero-order valence-corrected chi connectivity index (χ0v) is 27.4. The Balaban J connectivity index is 1.53. The number of allylic oxidation sites excluding steroid dienone is 1. The Bertz CT molecular complexity index is 1710. The van der Waals surface area contributed by atoms with Crippen LogP contribution in [-0.4, -0.2) is 33.0 Å². The third-order valence-corrected chi connectivity index (χ3v) is 8.75. The van der Waals surface area contributed by atoms with Gasteiger partial charge in [0, 0.05) is 17.1 Å². The second kappa shape index (κ2) is 13.6. The van der Waals surface area contributed by atoms with Crippen LogP contribution in [0, 0.1) is 27.7 Å². The number of ether oxygens (including phenoxy) is 2. The van der Waals surface area contributed by atoms with Crippen LogP contribution in [0.4, 0.5) is 11.6 Å². The molecular formula is C35H41N5O3S. The monoisotopic (exact) mass is 611 g/mol. The molecule has 0 saturated heterocycles. The van der Waals surface area contributed by atoms with E-state index < -0.39 is 6.04 Å². The fourth-order valence-electron chi connectivity index (χ4n) is 5.32. The summed E-state index contributed by atoms with van der Waals surface area (Å²) in [5.74, 6) is 2.55. The lowest BCUT2D eigenvalue weighted by Gasteiger charge is -2.29. The van der Waals surface area contributed by atoms with Gasteiger partial charge in [0.2, 0.25) is 11.1 Å². The van der Waals surface area contributed by atoms with Crippen LogP contribution in [0.3, 0.4) is 0 Å². The van der Waals surface area contributed by atoms with E-state index in [4.69, 9.17) is 19.6 Å². The molecular weight excluding hydrogens is 570 g/mol. The number of benzene rings is 3. The van der Waals surface area contributed by atoms with Crippen LogP contribution in [0.15, 0.2) is 71.0 Å². The van der Waals surface area contributed by atoms with Crippen LogP contribution in [-0.2, 0) is 11.4 Å². The first kappa shape index (κ1) is 31.2. The number of carbonyl (C=O) groups is 1. The lowest BCUT2D eigenvalue weighted by Crippen LogP contribution is -2.31. The second-order valence-electron chi connectivity index (χ2n) is 11.2. The van der Waals surface area contributed by atoms with Crippen LogP contribution in [0.25, 0.3) is 0 Å². The van der Waals surface area contributed by atoms with Gasteiger partial charge in [-0.25, -0.2) is 4.68 Å². The average Bonchev–Trinajstić information content (AvgIpc) is 3.39. The number of nitrogens with one attached hydrogen (secondary N) is 2. The molecule has 0 bridgehead atoms. The summed E-state index contributed by atoms with van der Waals surface area (Å²) in [6.45, 7) is 15.2. The number of aryl methyl sites for hydroxylation is 4. The number of hydrogen-bond acceptors (Lipinski definition) is 7. The predicted octanol–water partition coefficient (Wildman–Crippen LogP) is 7.92. The van der Waals surface area contributed by atoms with Crippen LogP contribution in [0.1, 0.15) is 66.6 Å². The first-order valence-electron chi connectivity index (χ1n) is 15.1. The van der Waals surface area contributed by atoms with Crippen LogP contribution in [0.2, 0.25) is 0 Å². The lowest BCUT2D eigenvalue weighted by molar-refractivity contribution is -0.113. The number of amides is 1. The van der Waals surface area contributed by atoms with Gasteiger partial charge in [0.15, 0.2) is 11.5 Å². The molecule has 0 radical (unpaired) electrons. The van der Waals surface area contributed by atoms with Gasteiger partial charge in [0.1, 0.15) is 12.6 Å². The van der Waals surface area contributed by atoms with Gasteiger partial charge in [-0.2, -0.15) is 4.98 Å². The highest BCUT2D eigenvalue weighted by Crippen LogP contribution is 2.40. The number of anilines is 2. The highest BCUT2D eigenvalue weighted by atomic mass is 32.2. The van der Waals surface area contributed by atoms with Crippen molar-refractivity contribution in [2.75, 3.05) is 23.0 Å². The number of aromatic nitrogens is 3. The molecule has 3 aromatic carbocycles. The number of fused-ring (bicyclic) bond motifs is 1. The fraction of sp³-hybridized carbons (Fsp3) is 0.343. The van der Waals surface area contributed by atoms with E-state index in [1.54, 1.807) is 16.4 Å². The number of carbonyl (C=O) groups excluding carboxylic acids is 1. The normalized spacial score (nSPS) is 14.2. The molecule has 5 rings (SSSR count). The van der Waals surface area contributed by atoms with Gasteiger partial charge in [-0.05, 0) is 106 Å². The molecule has 8 nitrogen and oxygen atoms in total. The number of thioether (sulfide) groups is 1. The minimum Gasteiger partial charge on any atom is -0.490 e. The van der Waals surface area contributed by atoms with Crippen molar-refractivity contribution in [3.63, 3.8) is 0 Å². The summed E-state index contributed by atoms with van der Waals surface area (Å²) in [5.41, 5.74) is 8.74. The molecule has 4 aromatic rings. The molecule has 1 aromatic heterocycles. The summed E-state index contributed by atoms with van der Waals surface area (Å²) in [5, 5.41) is 11.9. The van der Waals surface area contributed by atoms with Gasteiger partial charge in [-0.1, -0.05) is 49.0 Å². The molecule has 0 fully saturated rings. The molecule has 1 unspecified atom stereocenters. The standard InChI is InChI=1S/C35H41N5O3S/c1-8-15-44-35-38-34-36-25(7)31(33(41)37-28-12-10-11-21(3)16-28)32(40(34)39-35)26-13-14-29(30(19-26)42-9-2)43-20-27-18-23(5)22(4)17-24(27)6/h10-14,16-19,32H,8-9,15,20H2,1-7H3,(H,37,41)(H,36,38,39). The van der Waals surface area contributed by atoms with Crippen LogP contribution < -0.4 is 20.1 Å². The Morgan fingerprint density at radius 1 is 0.955 bits per heavy atom. The predicted molar refractivity (Wildman–Crippen MR) is 178 cm³/mol. The maximum atomic E-state index is 14.0. The van der Waals surface area contributed by atoms with Gasteiger partial charge in [0.25, 0.3) is 5.91 Å². The Kier molecular flexibility index (Phi) is 9.64. The molecule has 0 aliphatic carbocycles. The van der Waals surface area contributed by atoms with Crippen molar-refractivity contribution in [1.82, 2.24) is 14.8 Å². The molecule has 1 aliphatic heterocycles. The topological polar surface area (TPSA) is 90.3 Å². The van der Waals surface area contributed by atoms with E-state index >= 15 is 0 Å². The Morgan fingerprint density at radius 2 is 1.75 bits per heavy atom. The van der Waals surface area contributed by atoms with Crippen molar-refractivity contribution in [2.45, 2.75) is 72.7 Å². The van der Waals surface area contributed by atoms with Gasteiger partial charge in [0.05, 0.1) is 12.2 Å². The van der Waals surface area contributed by atoms with Crippen molar-refractivity contribution in [3.8, 4) is 11.5 Å². The molecule has 9 heteroatoms. The zero-order chi connectivity index (χ0) is 31.4. The molecule has 2 heterocycles. The molecule has 44 heavy (non-hydrogen) atoms. The average molecular weight is 612 g/mol. The van der Waals surface area contributed by atoms with E-state index in [0.717, 1.165) is 40.2 Å². The quantitative estimate of drug-likeness (QED) is 0.167. The highest BCUT2D eigenvalue weighted by Gasteiger charge is 2.35. The fourth-order valence-corrected chi connectivity index (χ4v) is 6.01. The first-order chi connectivity index (χ1) is 21.2. The SMILES string of the molecule is CCCSc1nc2n(n1)C(c1ccc(OCc3cc(C)c(C)cc3C)c(OCC)c1)C(C(=O)Nc1cccc(C)c1)=C(C)N2. The van der Waals surface area contributed by atoms with Gasteiger partial charge in [-0.3, -0.25) is 4.79 Å². The van der Waals surface area contributed by atoms with E-state index in [-0.39, 0.29) is 5.91 Å². The van der Waals surface area contributed by atoms with Gasteiger partial charge < -0.3 is 20.1 Å². The first-order valence-corrected chi connectivity index (χ1v) is 16.1. The Morgan fingerprint density at radius 3 is 2.50 bits per heavy atom. The minimum absolute atomic E-state index is 0.210. The summed E-state index contributed by atoms with van der Waals surface area (Å²) < 4.78 is 14.2. The Labute approximate surface area is 264 Å².